The zero-order valence-corrected chi connectivity index (χ0v) is 17.8. The molecule has 2 aliphatic heterocycles. The molecule has 1 aromatic heterocycles. The van der Waals surface area contributed by atoms with Crippen LogP contribution in [0.2, 0.25) is 0 Å². The monoisotopic (exact) mass is 469 g/mol. The van der Waals surface area contributed by atoms with Crippen LogP contribution in [0.3, 0.4) is 0 Å². The number of benzene rings is 2. The summed E-state index contributed by atoms with van der Waals surface area (Å²) in [7, 11) is 0. The highest BCUT2D eigenvalue weighted by atomic mass is 79.9. The summed E-state index contributed by atoms with van der Waals surface area (Å²) < 4.78 is 17.8. The van der Waals surface area contributed by atoms with Crippen LogP contribution in [0.25, 0.3) is 11.0 Å². The molecule has 5 rings (SSSR count). The van der Waals surface area contributed by atoms with Crippen LogP contribution in [0.4, 0.5) is 0 Å². The zero-order valence-electron chi connectivity index (χ0n) is 16.2. The number of likely N-dealkylation sites (tertiary alicyclic amines) is 1. The van der Waals surface area contributed by atoms with Crippen molar-refractivity contribution in [3.8, 4) is 11.5 Å². The summed E-state index contributed by atoms with van der Waals surface area (Å²) in [6, 6.07) is 12.8. The van der Waals surface area contributed by atoms with E-state index in [2.05, 4.69) is 15.9 Å². The molecule has 2 aliphatic rings. The Morgan fingerprint density at radius 2 is 1.70 bits per heavy atom. The Morgan fingerprint density at radius 1 is 0.933 bits per heavy atom. The molecular weight excluding hydrogens is 450 g/mol. The molecule has 1 saturated heterocycles. The van der Waals surface area contributed by atoms with Crippen LogP contribution >= 0.6 is 15.9 Å². The average Bonchev–Trinajstić information content (AvgIpc) is 3.21. The second-order valence-electron chi connectivity index (χ2n) is 7.58. The van der Waals surface area contributed by atoms with E-state index >= 15 is 0 Å². The van der Waals surface area contributed by atoms with E-state index < -0.39 is 0 Å². The van der Waals surface area contributed by atoms with E-state index in [9.17, 15) is 9.59 Å². The van der Waals surface area contributed by atoms with Crippen LogP contribution in [0.5, 0.6) is 11.5 Å². The van der Waals surface area contributed by atoms with Crippen molar-refractivity contribution in [3.63, 3.8) is 0 Å². The molecular formula is C23H20BrNO5. The lowest BCUT2D eigenvalue weighted by molar-refractivity contribution is 0.0626. The van der Waals surface area contributed by atoms with Crippen molar-refractivity contribution in [3.05, 3.63) is 58.3 Å². The number of fused-ring (bicyclic) bond motifs is 2. The van der Waals surface area contributed by atoms with Crippen LogP contribution in [0.1, 0.15) is 33.8 Å². The Morgan fingerprint density at radius 3 is 2.50 bits per heavy atom. The Hall–Kier alpha value is -2.80. The minimum atomic E-state index is -0.132. The van der Waals surface area contributed by atoms with Gasteiger partial charge < -0.3 is 18.8 Å². The molecule has 0 N–H and O–H groups in total. The van der Waals surface area contributed by atoms with Gasteiger partial charge in [-0.05, 0) is 55.3 Å². The minimum absolute atomic E-state index is 0.0904. The topological polar surface area (TPSA) is 69.0 Å². The van der Waals surface area contributed by atoms with Gasteiger partial charge in [-0.25, -0.2) is 0 Å². The first-order valence-corrected chi connectivity index (χ1v) is 10.8. The van der Waals surface area contributed by atoms with Gasteiger partial charge in [-0.1, -0.05) is 15.9 Å². The number of piperidine rings is 1. The molecule has 1 amide bonds. The number of hydrogen-bond acceptors (Lipinski definition) is 5. The normalized spacial score (nSPS) is 16.6. The Bertz CT molecular complexity index is 1130. The zero-order chi connectivity index (χ0) is 20.7. The smallest absolute Gasteiger partial charge is 0.289 e. The molecule has 6 nitrogen and oxygen atoms in total. The summed E-state index contributed by atoms with van der Waals surface area (Å²) in [6.45, 7) is 2.07. The molecule has 7 heteroatoms. The third-order valence-corrected chi connectivity index (χ3v) is 6.16. The summed E-state index contributed by atoms with van der Waals surface area (Å²) >= 11 is 3.43. The van der Waals surface area contributed by atoms with Crippen molar-refractivity contribution in [2.24, 2.45) is 5.92 Å². The summed E-state index contributed by atoms with van der Waals surface area (Å²) in [4.78, 5) is 27.6. The third kappa shape index (κ3) is 3.58. The van der Waals surface area contributed by atoms with Crippen molar-refractivity contribution in [1.29, 1.82) is 0 Å². The second kappa shape index (κ2) is 7.80. The fraction of sp³-hybridized carbons (Fsp3) is 0.304. The van der Waals surface area contributed by atoms with Gasteiger partial charge in [0.05, 0.1) is 0 Å². The molecule has 0 spiro atoms. The fourth-order valence-corrected chi connectivity index (χ4v) is 4.43. The van der Waals surface area contributed by atoms with E-state index in [0.29, 0.717) is 67.6 Å². The maximum Gasteiger partial charge on any atom is 0.289 e. The Balaban J connectivity index is 1.25. The van der Waals surface area contributed by atoms with Gasteiger partial charge in [-0.3, -0.25) is 9.59 Å². The van der Waals surface area contributed by atoms with Crippen LogP contribution in [0, 0.1) is 5.92 Å². The van der Waals surface area contributed by atoms with E-state index in [1.54, 1.807) is 29.2 Å². The van der Waals surface area contributed by atoms with Crippen molar-refractivity contribution in [2.75, 3.05) is 26.3 Å². The third-order valence-electron chi connectivity index (χ3n) is 5.67. The number of carbonyl (C=O) groups is 2. The standard InChI is InChI=1S/C23H20BrNO5/c24-17-2-4-18-16(11-17)13-21(30-18)23(27)25-7-5-14(6-8-25)22(26)15-1-3-19-20(12-15)29-10-9-28-19/h1-4,11-14H,5-10H2. The number of nitrogens with zero attached hydrogens (tertiary/aromatic N) is 1. The average molecular weight is 470 g/mol. The summed E-state index contributed by atoms with van der Waals surface area (Å²) in [5, 5.41) is 0.886. The number of ketones is 1. The van der Waals surface area contributed by atoms with Gasteiger partial charge in [0.15, 0.2) is 23.0 Å². The highest BCUT2D eigenvalue weighted by Gasteiger charge is 2.30. The predicted molar refractivity (Wildman–Crippen MR) is 114 cm³/mol. The van der Waals surface area contributed by atoms with E-state index in [0.717, 1.165) is 9.86 Å². The molecule has 0 aliphatic carbocycles. The molecule has 154 valence electrons. The number of amides is 1. The number of carbonyl (C=O) groups excluding carboxylic acids is 2. The maximum absolute atomic E-state index is 13.0. The van der Waals surface area contributed by atoms with Crippen molar-refractivity contribution in [2.45, 2.75) is 12.8 Å². The Labute approximate surface area is 181 Å². The molecule has 0 atom stereocenters. The first-order valence-electron chi connectivity index (χ1n) is 10.0. The van der Waals surface area contributed by atoms with Crippen molar-refractivity contribution >= 4 is 38.6 Å². The lowest BCUT2D eigenvalue weighted by Gasteiger charge is -2.31. The van der Waals surface area contributed by atoms with Gasteiger partial charge in [0.2, 0.25) is 0 Å². The molecule has 0 bridgehead atoms. The molecule has 1 fully saturated rings. The van der Waals surface area contributed by atoms with E-state index in [1.165, 1.54) is 0 Å². The van der Waals surface area contributed by atoms with Crippen LogP contribution in [-0.2, 0) is 0 Å². The molecule has 0 radical (unpaired) electrons. The number of ether oxygens (including phenoxy) is 2. The van der Waals surface area contributed by atoms with Crippen LogP contribution < -0.4 is 9.47 Å². The fourth-order valence-electron chi connectivity index (χ4n) is 4.05. The van der Waals surface area contributed by atoms with E-state index in [1.807, 2.05) is 18.2 Å². The molecule has 3 heterocycles. The first-order chi connectivity index (χ1) is 14.6. The highest BCUT2D eigenvalue weighted by molar-refractivity contribution is 9.10. The number of hydrogen-bond donors (Lipinski definition) is 0. The SMILES string of the molecule is O=C(c1ccc2c(c1)OCCO2)C1CCN(C(=O)c2cc3cc(Br)ccc3o2)CC1. The lowest BCUT2D eigenvalue weighted by Crippen LogP contribution is -2.40. The lowest BCUT2D eigenvalue weighted by atomic mass is 9.88. The van der Waals surface area contributed by atoms with Crippen molar-refractivity contribution in [1.82, 2.24) is 4.90 Å². The van der Waals surface area contributed by atoms with Gasteiger partial charge in [0.25, 0.3) is 5.91 Å². The van der Waals surface area contributed by atoms with Gasteiger partial charge in [-0.2, -0.15) is 0 Å². The maximum atomic E-state index is 13.0. The molecule has 3 aromatic rings. The molecule has 0 saturated carbocycles. The largest absolute Gasteiger partial charge is 0.486 e. The van der Waals surface area contributed by atoms with E-state index in [-0.39, 0.29) is 17.6 Å². The summed E-state index contributed by atoms with van der Waals surface area (Å²) in [6.07, 6.45) is 1.26. The number of halogens is 1. The quantitative estimate of drug-likeness (QED) is 0.519. The second-order valence-corrected chi connectivity index (χ2v) is 8.50. The molecule has 0 unspecified atom stereocenters. The number of rotatable bonds is 3. The minimum Gasteiger partial charge on any atom is -0.486 e. The van der Waals surface area contributed by atoms with Crippen LogP contribution in [0.15, 0.2) is 51.4 Å². The van der Waals surface area contributed by atoms with Gasteiger partial charge >= 0.3 is 0 Å². The number of Topliss-reactive ketones (excluding diaryl/α,β-unsaturated/α-hetero) is 1. The van der Waals surface area contributed by atoms with Gasteiger partial charge in [0, 0.05) is 34.4 Å². The Kier molecular flexibility index (Phi) is 4.98. The van der Waals surface area contributed by atoms with Gasteiger partial charge in [-0.15, -0.1) is 0 Å². The molecule has 30 heavy (non-hydrogen) atoms. The first kappa shape index (κ1) is 19.2. The molecule has 2 aromatic carbocycles. The summed E-state index contributed by atoms with van der Waals surface area (Å²) in [5.74, 6) is 1.48. The predicted octanol–water partition coefficient (Wildman–Crippen LogP) is 4.70. The highest BCUT2D eigenvalue weighted by Crippen LogP contribution is 2.33. The number of furan rings is 1. The summed E-state index contributed by atoms with van der Waals surface area (Å²) in [5.41, 5.74) is 1.32. The van der Waals surface area contributed by atoms with Gasteiger partial charge in [0.1, 0.15) is 18.8 Å². The van der Waals surface area contributed by atoms with E-state index in [4.69, 9.17) is 13.9 Å². The van der Waals surface area contributed by atoms with Crippen molar-refractivity contribution < 1.29 is 23.5 Å². The van der Waals surface area contributed by atoms with Crippen LogP contribution in [-0.4, -0.2) is 42.9 Å².